The lowest BCUT2D eigenvalue weighted by Gasteiger charge is -2.38. The van der Waals surface area contributed by atoms with Crippen LogP contribution in [0.5, 0.6) is 5.75 Å². The second-order valence-electron chi connectivity index (χ2n) is 6.91. The molecule has 2 aromatic carbocycles. The van der Waals surface area contributed by atoms with E-state index >= 15 is 0 Å². The normalized spacial score (nSPS) is 20.1. The monoisotopic (exact) mass is 443 g/mol. The minimum atomic E-state index is -4.00. The summed E-state index contributed by atoms with van der Waals surface area (Å²) in [4.78, 5) is 2.06. The van der Waals surface area contributed by atoms with Crippen molar-refractivity contribution in [2.45, 2.75) is 30.8 Å². The summed E-state index contributed by atoms with van der Waals surface area (Å²) in [6.45, 7) is 5.88. The molecular weight excluding hydrogens is 421 g/mol. The Kier molecular flexibility index (Phi) is 6.29. The number of ether oxygens (including phenoxy) is 1. The van der Waals surface area contributed by atoms with E-state index in [1.807, 2.05) is 6.07 Å². The Morgan fingerprint density at radius 3 is 2.29 bits per heavy atom. The number of rotatable bonds is 5. The van der Waals surface area contributed by atoms with E-state index in [-0.39, 0.29) is 14.9 Å². The van der Waals surface area contributed by atoms with Gasteiger partial charge in [0.1, 0.15) is 10.6 Å². The third-order valence-electron chi connectivity index (χ3n) is 4.54. The van der Waals surface area contributed by atoms with E-state index in [0.29, 0.717) is 23.5 Å². The lowest BCUT2D eigenvalue weighted by atomic mass is 10.1. The van der Waals surface area contributed by atoms with E-state index in [9.17, 15) is 8.42 Å². The number of anilines is 2. The van der Waals surface area contributed by atoms with E-state index < -0.39 is 10.0 Å². The third kappa shape index (κ3) is 4.49. The number of nitrogens with zero attached hydrogens (tertiary/aromatic N) is 1. The second kappa shape index (κ2) is 8.37. The standard InChI is InChI=1S/C19H23Cl2N3O3S/c1-12-10-24(11-13(2)22-12)14-7-8-18(27-3)17(9-14)23-28(25,26)19-15(20)5-4-6-16(19)21/h4-9,12-13,22-23H,10-11H2,1-3H3. The molecule has 2 atom stereocenters. The minimum absolute atomic E-state index is 0.0554. The second-order valence-corrected chi connectivity index (χ2v) is 9.35. The number of methoxy groups -OCH3 is 1. The van der Waals surface area contributed by atoms with Crippen molar-refractivity contribution in [1.82, 2.24) is 5.32 Å². The number of hydrogen-bond acceptors (Lipinski definition) is 5. The van der Waals surface area contributed by atoms with E-state index in [2.05, 4.69) is 28.8 Å². The maximum absolute atomic E-state index is 12.9. The first-order valence-corrected chi connectivity index (χ1v) is 11.1. The van der Waals surface area contributed by atoms with Crippen molar-refractivity contribution in [3.05, 3.63) is 46.4 Å². The summed E-state index contributed by atoms with van der Waals surface area (Å²) in [6.07, 6.45) is 0. The van der Waals surface area contributed by atoms with Gasteiger partial charge in [-0.25, -0.2) is 8.42 Å². The molecular formula is C19H23Cl2N3O3S. The fourth-order valence-corrected chi connectivity index (χ4v) is 5.65. The summed E-state index contributed by atoms with van der Waals surface area (Å²) < 4.78 is 33.8. The Morgan fingerprint density at radius 1 is 1.11 bits per heavy atom. The van der Waals surface area contributed by atoms with Crippen molar-refractivity contribution >= 4 is 44.6 Å². The van der Waals surface area contributed by atoms with Crippen molar-refractivity contribution in [3.63, 3.8) is 0 Å². The van der Waals surface area contributed by atoms with Crippen LogP contribution in [-0.4, -0.2) is 40.7 Å². The fraction of sp³-hybridized carbons (Fsp3) is 0.368. The van der Waals surface area contributed by atoms with E-state index in [0.717, 1.165) is 18.8 Å². The molecule has 1 heterocycles. The molecule has 2 unspecified atom stereocenters. The highest BCUT2D eigenvalue weighted by Gasteiger charge is 2.25. The molecule has 0 spiro atoms. The van der Waals surface area contributed by atoms with Crippen LogP contribution in [0.2, 0.25) is 10.0 Å². The Hall–Kier alpha value is -1.67. The van der Waals surface area contributed by atoms with E-state index in [4.69, 9.17) is 27.9 Å². The first kappa shape index (κ1) is 21.0. The molecule has 0 bridgehead atoms. The van der Waals surface area contributed by atoms with Gasteiger partial charge in [0.2, 0.25) is 0 Å². The van der Waals surface area contributed by atoms with Crippen LogP contribution in [0.4, 0.5) is 11.4 Å². The molecule has 0 amide bonds. The van der Waals surface area contributed by atoms with Crippen LogP contribution in [0.3, 0.4) is 0 Å². The summed E-state index contributed by atoms with van der Waals surface area (Å²) in [6, 6.07) is 10.7. The van der Waals surface area contributed by atoms with Crippen LogP contribution in [-0.2, 0) is 10.0 Å². The molecule has 1 aliphatic rings. The van der Waals surface area contributed by atoms with Crippen LogP contribution >= 0.6 is 23.2 Å². The molecule has 152 valence electrons. The minimum Gasteiger partial charge on any atom is -0.495 e. The molecule has 1 aliphatic heterocycles. The van der Waals surface area contributed by atoms with Gasteiger partial charge in [-0.15, -0.1) is 0 Å². The largest absolute Gasteiger partial charge is 0.495 e. The van der Waals surface area contributed by atoms with E-state index in [1.165, 1.54) is 19.2 Å². The van der Waals surface area contributed by atoms with Gasteiger partial charge in [0.15, 0.2) is 0 Å². The van der Waals surface area contributed by atoms with Gasteiger partial charge in [0, 0.05) is 30.9 Å². The summed E-state index contributed by atoms with van der Waals surface area (Å²) in [5.41, 5.74) is 1.23. The van der Waals surface area contributed by atoms with Gasteiger partial charge >= 0.3 is 0 Å². The molecule has 28 heavy (non-hydrogen) atoms. The van der Waals surface area contributed by atoms with Gasteiger partial charge in [-0.2, -0.15) is 0 Å². The molecule has 2 aromatic rings. The average Bonchev–Trinajstić information content (AvgIpc) is 2.60. The molecule has 9 heteroatoms. The topological polar surface area (TPSA) is 70.7 Å². The zero-order chi connectivity index (χ0) is 20.5. The number of piperazine rings is 1. The highest BCUT2D eigenvalue weighted by molar-refractivity contribution is 7.93. The van der Waals surface area contributed by atoms with Crippen LogP contribution < -0.4 is 19.7 Å². The summed E-state index contributed by atoms with van der Waals surface area (Å²) >= 11 is 12.2. The van der Waals surface area contributed by atoms with Gasteiger partial charge in [-0.3, -0.25) is 4.72 Å². The first-order chi connectivity index (χ1) is 13.2. The van der Waals surface area contributed by atoms with Gasteiger partial charge < -0.3 is 15.0 Å². The predicted molar refractivity (Wildman–Crippen MR) is 115 cm³/mol. The highest BCUT2D eigenvalue weighted by Crippen LogP contribution is 2.35. The number of nitrogens with one attached hydrogen (secondary N) is 2. The number of sulfonamides is 1. The molecule has 0 radical (unpaired) electrons. The van der Waals surface area contributed by atoms with Crippen molar-refractivity contribution < 1.29 is 13.2 Å². The summed E-state index contributed by atoms with van der Waals surface area (Å²) in [5, 5.41) is 3.59. The molecule has 0 saturated carbocycles. The SMILES string of the molecule is COc1ccc(N2CC(C)NC(C)C2)cc1NS(=O)(=O)c1c(Cl)cccc1Cl. The quantitative estimate of drug-likeness (QED) is 0.730. The maximum atomic E-state index is 12.9. The van der Waals surface area contributed by atoms with Crippen LogP contribution in [0.1, 0.15) is 13.8 Å². The highest BCUT2D eigenvalue weighted by atomic mass is 35.5. The van der Waals surface area contributed by atoms with Gasteiger partial charge in [-0.05, 0) is 44.2 Å². The lowest BCUT2D eigenvalue weighted by Crippen LogP contribution is -2.54. The Morgan fingerprint density at radius 2 is 1.71 bits per heavy atom. The molecule has 0 aromatic heterocycles. The maximum Gasteiger partial charge on any atom is 0.265 e. The molecule has 1 fully saturated rings. The van der Waals surface area contributed by atoms with Crippen molar-refractivity contribution in [1.29, 1.82) is 0 Å². The van der Waals surface area contributed by atoms with Crippen molar-refractivity contribution in [2.75, 3.05) is 29.8 Å². The zero-order valence-electron chi connectivity index (χ0n) is 15.9. The zero-order valence-corrected chi connectivity index (χ0v) is 18.2. The summed E-state index contributed by atoms with van der Waals surface area (Å²) in [5.74, 6) is 0.409. The van der Waals surface area contributed by atoms with Crippen LogP contribution in [0.15, 0.2) is 41.3 Å². The molecule has 6 nitrogen and oxygen atoms in total. The molecule has 0 aliphatic carbocycles. The number of hydrogen-bond donors (Lipinski definition) is 2. The molecule has 1 saturated heterocycles. The van der Waals surface area contributed by atoms with Gasteiger partial charge in [0.05, 0.1) is 22.8 Å². The Balaban J connectivity index is 1.97. The van der Waals surface area contributed by atoms with Gasteiger partial charge in [0.25, 0.3) is 10.0 Å². The van der Waals surface area contributed by atoms with Crippen LogP contribution in [0.25, 0.3) is 0 Å². The van der Waals surface area contributed by atoms with Crippen LogP contribution in [0, 0.1) is 0 Å². The Labute approximate surface area is 175 Å². The Bertz CT molecular complexity index is 939. The molecule has 3 rings (SSSR count). The van der Waals surface area contributed by atoms with Crippen molar-refractivity contribution in [2.24, 2.45) is 0 Å². The molecule has 2 N–H and O–H groups in total. The van der Waals surface area contributed by atoms with E-state index in [1.54, 1.807) is 18.2 Å². The number of benzene rings is 2. The van der Waals surface area contributed by atoms with Crippen molar-refractivity contribution in [3.8, 4) is 5.75 Å². The van der Waals surface area contributed by atoms with Gasteiger partial charge in [-0.1, -0.05) is 29.3 Å². The first-order valence-electron chi connectivity index (χ1n) is 8.87. The summed E-state index contributed by atoms with van der Waals surface area (Å²) in [7, 11) is -2.51. The fourth-order valence-electron chi connectivity index (χ4n) is 3.45. The third-order valence-corrected chi connectivity index (χ3v) is 6.86. The lowest BCUT2D eigenvalue weighted by molar-refractivity contribution is 0.406. The predicted octanol–water partition coefficient (Wildman–Crippen LogP) is 3.99. The average molecular weight is 444 g/mol. The smallest absolute Gasteiger partial charge is 0.265 e. The number of halogens is 2.